The molecule has 0 aromatic rings. The van der Waals surface area contributed by atoms with Crippen LogP contribution in [0.1, 0.15) is 53.4 Å². The van der Waals surface area contributed by atoms with Crippen LogP contribution in [0.25, 0.3) is 0 Å². The van der Waals surface area contributed by atoms with E-state index in [-0.39, 0.29) is 0 Å². The third kappa shape index (κ3) is 7.87. The van der Waals surface area contributed by atoms with E-state index < -0.39 is 11.7 Å². The summed E-state index contributed by atoms with van der Waals surface area (Å²) in [6.07, 6.45) is 3.84. The van der Waals surface area contributed by atoms with Gasteiger partial charge >= 0.3 is 6.09 Å². The summed E-state index contributed by atoms with van der Waals surface area (Å²) in [7, 11) is 0. The number of carbonyl (C=O) groups is 1. The van der Waals surface area contributed by atoms with Crippen LogP contribution in [-0.4, -0.2) is 11.7 Å². The fourth-order valence-electron chi connectivity index (χ4n) is 1.24. The third-order valence-corrected chi connectivity index (χ3v) is 2.04. The molecule has 0 heterocycles. The molecule has 86 valence electrons. The number of carbonyl (C=O) groups excluding carboxylic acids is 1. The number of alkyl carbamates (subject to hydrolysis) is 1. The largest absolute Gasteiger partial charge is 0.443 e. The molecule has 0 bridgehead atoms. The molecule has 0 rings (SSSR count). The second-order valence-corrected chi connectivity index (χ2v) is 4.11. The Morgan fingerprint density at radius 1 is 1.40 bits per heavy atom. The normalized spacial score (nSPS) is 10.1. The molecule has 3 nitrogen and oxygen atoms in total. The van der Waals surface area contributed by atoms with Crippen molar-refractivity contribution in [2.75, 3.05) is 0 Å². The smallest absolute Gasteiger partial charge is 0.419 e. The second kappa shape index (κ2) is 7.17. The number of rotatable bonds is 5. The maximum Gasteiger partial charge on any atom is 0.419 e. The van der Waals surface area contributed by atoms with Crippen LogP contribution in [0.5, 0.6) is 0 Å². The van der Waals surface area contributed by atoms with Crippen molar-refractivity contribution in [3.8, 4) is 12.0 Å². The fraction of sp³-hybridized carbons (Fsp3) is 0.750. The summed E-state index contributed by atoms with van der Waals surface area (Å²) in [6.45, 7) is 7.65. The SMILES string of the molecule is CC#CNC(=O)OC(C)(C)CCCCC. The Morgan fingerprint density at radius 2 is 2.07 bits per heavy atom. The van der Waals surface area contributed by atoms with Crippen molar-refractivity contribution in [1.29, 1.82) is 0 Å². The van der Waals surface area contributed by atoms with Crippen LogP contribution in [0.4, 0.5) is 4.79 Å². The predicted octanol–water partition coefficient (Wildman–Crippen LogP) is 3.05. The Balaban J connectivity index is 3.88. The van der Waals surface area contributed by atoms with E-state index >= 15 is 0 Å². The van der Waals surface area contributed by atoms with Crippen molar-refractivity contribution < 1.29 is 9.53 Å². The van der Waals surface area contributed by atoms with Gasteiger partial charge in [0.15, 0.2) is 0 Å². The van der Waals surface area contributed by atoms with Gasteiger partial charge in [0.05, 0.1) is 0 Å². The second-order valence-electron chi connectivity index (χ2n) is 4.11. The van der Waals surface area contributed by atoms with Crippen LogP contribution < -0.4 is 5.32 Å². The lowest BCUT2D eigenvalue weighted by Gasteiger charge is -2.24. The highest BCUT2D eigenvalue weighted by atomic mass is 16.6. The van der Waals surface area contributed by atoms with Gasteiger partial charge in [0.25, 0.3) is 0 Å². The van der Waals surface area contributed by atoms with E-state index in [9.17, 15) is 4.79 Å². The van der Waals surface area contributed by atoms with Gasteiger partial charge in [-0.1, -0.05) is 25.7 Å². The first-order chi connectivity index (χ1) is 7.02. The van der Waals surface area contributed by atoms with Gasteiger partial charge in [0.2, 0.25) is 0 Å². The van der Waals surface area contributed by atoms with Crippen molar-refractivity contribution in [1.82, 2.24) is 5.32 Å². The molecule has 0 unspecified atom stereocenters. The molecule has 0 aromatic carbocycles. The number of hydrogen-bond acceptors (Lipinski definition) is 2. The first kappa shape index (κ1) is 13.8. The topological polar surface area (TPSA) is 38.3 Å². The van der Waals surface area contributed by atoms with Crippen molar-refractivity contribution in [3.05, 3.63) is 0 Å². The van der Waals surface area contributed by atoms with Gasteiger partial charge in [0, 0.05) is 6.04 Å². The molecule has 0 atom stereocenters. The van der Waals surface area contributed by atoms with Gasteiger partial charge in [-0.05, 0) is 33.6 Å². The van der Waals surface area contributed by atoms with Crippen molar-refractivity contribution >= 4 is 6.09 Å². The minimum Gasteiger partial charge on any atom is -0.443 e. The summed E-state index contributed by atoms with van der Waals surface area (Å²) < 4.78 is 5.23. The maximum absolute atomic E-state index is 11.2. The Morgan fingerprint density at radius 3 is 2.60 bits per heavy atom. The average Bonchev–Trinajstić information content (AvgIpc) is 2.14. The van der Waals surface area contributed by atoms with Crippen molar-refractivity contribution in [3.63, 3.8) is 0 Å². The van der Waals surface area contributed by atoms with Crippen LogP contribution in [-0.2, 0) is 4.74 Å². The van der Waals surface area contributed by atoms with Crippen LogP contribution in [0.15, 0.2) is 0 Å². The maximum atomic E-state index is 11.2. The number of nitrogens with one attached hydrogen (secondary N) is 1. The molecular formula is C12H21NO2. The minimum atomic E-state index is -0.467. The van der Waals surface area contributed by atoms with Gasteiger partial charge in [0.1, 0.15) is 5.60 Å². The van der Waals surface area contributed by atoms with Crippen LogP contribution in [0.3, 0.4) is 0 Å². The zero-order valence-electron chi connectivity index (χ0n) is 10.1. The molecular weight excluding hydrogens is 190 g/mol. The molecule has 0 aliphatic heterocycles. The van der Waals surface area contributed by atoms with E-state index in [2.05, 4.69) is 24.2 Å². The summed E-state index contributed by atoms with van der Waals surface area (Å²) in [5.41, 5.74) is -0.408. The summed E-state index contributed by atoms with van der Waals surface area (Å²) in [6, 6.07) is 2.46. The molecule has 0 aliphatic rings. The third-order valence-electron chi connectivity index (χ3n) is 2.04. The fourth-order valence-corrected chi connectivity index (χ4v) is 1.24. The molecule has 3 heteroatoms. The number of unbranched alkanes of at least 4 members (excludes halogenated alkanes) is 2. The predicted molar refractivity (Wildman–Crippen MR) is 61.3 cm³/mol. The lowest BCUT2D eigenvalue weighted by atomic mass is 10.0. The van der Waals surface area contributed by atoms with Gasteiger partial charge in [-0.15, -0.1) is 0 Å². The first-order valence-electron chi connectivity index (χ1n) is 5.42. The highest BCUT2D eigenvalue weighted by molar-refractivity contribution is 5.69. The average molecular weight is 211 g/mol. The summed E-state index contributed by atoms with van der Waals surface area (Å²) in [4.78, 5) is 11.2. The quantitative estimate of drug-likeness (QED) is 0.431. The van der Waals surface area contributed by atoms with Gasteiger partial charge < -0.3 is 4.74 Å². The van der Waals surface area contributed by atoms with Crippen molar-refractivity contribution in [2.24, 2.45) is 0 Å². The van der Waals surface area contributed by atoms with E-state index in [0.29, 0.717) is 0 Å². The molecule has 15 heavy (non-hydrogen) atoms. The highest BCUT2D eigenvalue weighted by Crippen LogP contribution is 2.18. The molecule has 1 N–H and O–H groups in total. The summed E-state index contributed by atoms with van der Waals surface area (Å²) in [5, 5.41) is 2.36. The zero-order chi connectivity index (χ0) is 11.7. The summed E-state index contributed by atoms with van der Waals surface area (Å²) in [5.74, 6) is 2.57. The van der Waals surface area contributed by atoms with Crippen LogP contribution in [0.2, 0.25) is 0 Å². The Hall–Kier alpha value is -1.17. The van der Waals surface area contributed by atoms with E-state index in [0.717, 1.165) is 12.8 Å². The number of ether oxygens (including phenoxy) is 1. The lowest BCUT2D eigenvalue weighted by molar-refractivity contribution is 0.0336. The molecule has 0 aromatic heterocycles. The van der Waals surface area contributed by atoms with E-state index in [1.807, 2.05) is 13.8 Å². The van der Waals surface area contributed by atoms with E-state index in [1.54, 1.807) is 6.92 Å². The van der Waals surface area contributed by atoms with Gasteiger partial charge in [-0.25, -0.2) is 10.1 Å². The molecule has 0 spiro atoms. The number of amides is 1. The highest BCUT2D eigenvalue weighted by Gasteiger charge is 2.21. The van der Waals surface area contributed by atoms with Gasteiger partial charge in [-0.2, -0.15) is 0 Å². The molecule has 0 saturated carbocycles. The van der Waals surface area contributed by atoms with Gasteiger partial charge in [-0.3, -0.25) is 0 Å². The van der Waals surface area contributed by atoms with Crippen LogP contribution >= 0.6 is 0 Å². The molecule has 0 saturated heterocycles. The monoisotopic (exact) mass is 211 g/mol. The molecule has 1 amide bonds. The Labute approximate surface area is 92.6 Å². The Bertz CT molecular complexity index is 248. The Kier molecular flexibility index (Phi) is 6.61. The van der Waals surface area contributed by atoms with Crippen LogP contribution in [0, 0.1) is 12.0 Å². The number of hydrogen-bond donors (Lipinski definition) is 1. The molecule has 0 aliphatic carbocycles. The zero-order valence-corrected chi connectivity index (χ0v) is 10.1. The summed E-state index contributed by atoms with van der Waals surface area (Å²) >= 11 is 0. The minimum absolute atomic E-state index is 0.408. The lowest BCUT2D eigenvalue weighted by Crippen LogP contribution is -2.32. The standard InChI is InChI=1S/C12H21NO2/c1-5-7-8-9-12(3,4)15-11(14)13-10-6-2/h5,7-9H2,1-4H3,(H,13,14). The molecule has 0 radical (unpaired) electrons. The first-order valence-corrected chi connectivity index (χ1v) is 5.42. The van der Waals surface area contributed by atoms with E-state index in [1.165, 1.54) is 12.8 Å². The molecule has 0 fully saturated rings. The van der Waals surface area contributed by atoms with Crippen molar-refractivity contribution in [2.45, 2.75) is 59.0 Å². The van der Waals surface area contributed by atoms with E-state index in [4.69, 9.17) is 4.74 Å².